The van der Waals surface area contributed by atoms with Crippen molar-refractivity contribution in [2.75, 3.05) is 0 Å². The van der Waals surface area contributed by atoms with Crippen LogP contribution in [0.4, 0.5) is 13.2 Å². The van der Waals surface area contributed by atoms with Gasteiger partial charge in [0.05, 0.1) is 11.6 Å². The zero-order valence-corrected chi connectivity index (χ0v) is 10.6. The SMILES string of the molecule is N[C@H](c1ccsc1)c1cc(C(F)(F)F)ccc1Cl. The summed E-state index contributed by atoms with van der Waals surface area (Å²) in [5, 5.41) is 3.85. The normalized spacial score (nSPS) is 13.6. The van der Waals surface area contributed by atoms with E-state index >= 15 is 0 Å². The fourth-order valence-electron chi connectivity index (χ4n) is 1.59. The summed E-state index contributed by atoms with van der Waals surface area (Å²) in [6.07, 6.45) is -4.40. The lowest BCUT2D eigenvalue weighted by atomic mass is 10.00. The summed E-state index contributed by atoms with van der Waals surface area (Å²) in [6.45, 7) is 0. The van der Waals surface area contributed by atoms with Gasteiger partial charge in [-0.25, -0.2) is 0 Å². The highest BCUT2D eigenvalue weighted by Crippen LogP contribution is 2.35. The molecule has 2 rings (SSSR count). The van der Waals surface area contributed by atoms with Crippen molar-refractivity contribution >= 4 is 22.9 Å². The van der Waals surface area contributed by atoms with Crippen LogP contribution < -0.4 is 5.73 Å². The van der Waals surface area contributed by atoms with Crippen LogP contribution in [-0.2, 0) is 6.18 Å². The monoisotopic (exact) mass is 291 g/mol. The standard InChI is InChI=1S/C12H9ClF3NS/c13-10-2-1-8(12(14,15)16)5-9(10)11(17)7-3-4-18-6-7/h1-6,11H,17H2/t11-/m1/s1. The molecule has 0 aliphatic heterocycles. The van der Waals surface area contributed by atoms with Crippen LogP contribution in [0, 0.1) is 0 Å². The Morgan fingerprint density at radius 2 is 1.94 bits per heavy atom. The van der Waals surface area contributed by atoms with E-state index in [1.165, 1.54) is 17.4 Å². The minimum atomic E-state index is -4.40. The average Bonchev–Trinajstić information content (AvgIpc) is 2.80. The van der Waals surface area contributed by atoms with Crippen molar-refractivity contribution in [3.63, 3.8) is 0 Å². The molecule has 0 amide bonds. The molecule has 1 nitrogen and oxygen atoms in total. The first-order chi connectivity index (χ1) is 8.39. The van der Waals surface area contributed by atoms with Crippen LogP contribution in [0.25, 0.3) is 0 Å². The lowest BCUT2D eigenvalue weighted by Crippen LogP contribution is -2.13. The molecule has 1 atom stereocenters. The minimum absolute atomic E-state index is 0.238. The van der Waals surface area contributed by atoms with Crippen molar-refractivity contribution in [1.29, 1.82) is 0 Å². The Morgan fingerprint density at radius 1 is 1.22 bits per heavy atom. The Morgan fingerprint density at radius 3 is 2.50 bits per heavy atom. The van der Waals surface area contributed by atoms with Crippen LogP contribution in [0.15, 0.2) is 35.0 Å². The Balaban J connectivity index is 2.44. The minimum Gasteiger partial charge on any atom is -0.320 e. The maximum atomic E-state index is 12.6. The molecule has 1 aromatic carbocycles. The smallest absolute Gasteiger partial charge is 0.320 e. The maximum Gasteiger partial charge on any atom is 0.416 e. The maximum absolute atomic E-state index is 12.6. The van der Waals surface area contributed by atoms with E-state index in [-0.39, 0.29) is 10.6 Å². The summed E-state index contributed by atoms with van der Waals surface area (Å²) in [7, 11) is 0. The van der Waals surface area contributed by atoms with Gasteiger partial charge in [0, 0.05) is 5.02 Å². The third-order valence-electron chi connectivity index (χ3n) is 2.56. The Hall–Kier alpha value is -1.04. The first-order valence-corrected chi connectivity index (χ1v) is 6.36. The quantitative estimate of drug-likeness (QED) is 0.868. The molecular formula is C12H9ClF3NS. The highest BCUT2D eigenvalue weighted by molar-refractivity contribution is 7.08. The number of hydrogen-bond donors (Lipinski definition) is 1. The number of rotatable bonds is 2. The largest absolute Gasteiger partial charge is 0.416 e. The van der Waals surface area contributed by atoms with Crippen molar-refractivity contribution < 1.29 is 13.2 Å². The van der Waals surface area contributed by atoms with E-state index in [4.69, 9.17) is 17.3 Å². The molecule has 0 bridgehead atoms. The van der Waals surface area contributed by atoms with Gasteiger partial charge in [-0.2, -0.15) is 24.5 Å². The fourth-order valence-corrected chi connectivity index (χ4v) is 2.52. The van der Waals surface area contributed by atoms with E-state index in [1.807, 2.05) is 5.38 Å². The summed E-state index contributed by atoms with van der Waals surface area (Å²) in [5.74, 6) is 0. The molecule has 0 saturated heterocycles. The molecular weight excluding hydrogens is 283 g/mol. The van der Waals surface area contributed by atoms with Crippen LogP contribution in [-0.4, -0.2) is 0 Å². The lowest BCUT2D eigenvalue weighted by molar-refractivity contribution is -0.137. The molecule has 6 heteroatoms. The Bertz CT molecular complexity index is 537. The van der Waals surface area contributed by atoms with Crippen molar-refractivity contribution in [3.8, 4) is 0 Å². The zero-order chi connectivity index (χ0) is 13.3. The first kappa shape index (κ1) is 13.4. The van der Waals surface area contributed by atoms with E-state index in [1.54, 1.807) is 11.4 Å². The highest BCUT2D eigenvalue weighted by atomic mass is 35.5. The summed E-state index contributed by atoms with van der Waals surface area (Å²) < 4.78 is 37.9. The third-order valence-corrected chi connectivity index (χ3v) is 3.61. The zero-order valence-electron chi connectivity index (χ0n) is 9.04. The van der Waals surface area contributed by atoms with Gasteiger partial charge in [0.1, 0.15) is 0 Å². The molecule has 2 aromatic rings. The topological polar surface area (TPSA) is 26.0 Å². The molecule has 1 aromatic heterocycles. The second-order valence-electron chi connectivity index (χ2n) is 3.77. The predicted octanol–water partition coefficient (Wildman–Crippen LogP) is 4.47. The second kappa shape index (κ2) is 4.91. The summed E-state index contributed by atoms with van der Waals surface area (Å²) in [6, 6.07) is 4.31. The van der Waals surface area contributed by atoms with Gasteiger partial charge < -0.3 is 5.73 Å². The Kier molecular flexibility index (Phi) is 3.66. The van der Waals surface area contributed by atoms with Gasteiger partial charge in [-0.1, -0.05) is 11.6 Å². The average molecular weight is 292 g/mol. The van der Waals surface area contributed by atoms with Crippen LogP contribution in [0.2, 0.25) is 5.02 Å². The summed E-state index contributed by atoms with van der Waals surface area (Å²) in [5.41, 5.74) is 6.22. The summed E-state index contributed by atoms with van der Waals surface area (Å²) in [4.78, 5) is 0. The number of nitrogens with two attached hydrogens (primary N) is 1. The van der Waals surface area contributed by atoms with Gasteiger partial charge in [0.25, 0.3) is 0 Å². The van der Waals surface area contributed by atoms with Crippen LogP contribution in [0.5, 0.6) is 0 Å². The molecule has 0 fully saturated rings. The van der Waals surface area contributed by atoms with E-state index in [0.29, 0.717) is 0 Å². The van der Waals surface area contributed by atoms with E-state index in [9.17, 15) is 13.2 Å². The fraction of sp³-hybridized carbons (Fsp3) is 0.167. The molecule has 1 heterocycles. The second-order valence-corrected chi connectivity index (χ2v) is 4.96. The predicted molar refractivity (Wildman–Crippen MR) is 66.8 cm³/mol. The number of halogens is 4. The molecule has 96 valence electrons. The van der Waals surface area contributed by atoms with Crippen LogP contribution in [0.3, 0.4) is 0 Å². The third kappa shape index (κ3) is 2.68. The van der Waals surface area contributed by atoms with Crippen LogP contribution in [0.1, 0.15) is 22.7 Å². The van der Waals surface area contributed by atoms with Gasteiger partial charge in [0.15, 0.2) is 0 Å². The number of alkyl halides is 3. The van der Waals surface area contributed by atoms with E-state index in [0.717, 1.165) is 17.7 Å². The van der Waals surface area contributed by atoms with Gasteiger partial charge in [0.2, 0.25) is 0 Å². The van der Waals surface area contributed by atoms with E-state index < -0.39 is 17.8 Å². The van der Waals surface area contributed by atoms with E-state index in [2.05, 4.69) is 0 Å². The molecule has 0 spiro atoms. The molecule has 18 heavy (non-hydrogen) atoms. The molecule has 0 radical (unpaired) electrons. The molecule has 0 unspecified atom stereocenters. The molecule has 0 saturated carbocycles. The first-order valence-electron chi connectivity index (χ1n) is 5.04. The van der Waals surface area contributed by atoms with Crippen molar-refractivity contribution in [2.45, 2.75) is 12.2 Å². The van der Waals surface area contributed by atoms with Crippen molar-refractivity contribution in [1.82, 2.24) is 0 Å². The molecule has 0 aliphatic carbocycles. The summed E-state index contributed by atoms with van der Waals surface area (Å²) >= 11 is 7.35. The van der Waals surface area contributed by atoms with Crippen molar-refractivity contribution in [2.24, 2.45) is 5.73 Å². The molecule has 0 aliphatic rings. The lowest BCUT2D eigenvalue weighted by Gasteiger charge is -2.15. The van der Waals surface area contributed by atoms with Crippen LogP contribution >= 0.6 is 22.9 Å². The van der Waals surface area contributed by atoms with Gasteiger partial charge in [-0.05, 0) is 46.2 Å². The van der Waals surface area contributed by atoms with Gasteiger partial charge in [-0.3, -0.25) is 0 Å². The number of benzene rings is 1. The number of thiophene rings is 1. The van der Waals surface area contributed by atoms with Gasteiger partial charge >= 0.3 is 6.18 Å². The molecule has 2 N–H and O–H groups in total. The number of hydrogen-bond acceptors (Lipinski definition) is 2. The van der Waals surface area contributed by atoms with Gasteiger partial charge in [-0.15, -0.1) is 0 Å². The van der Waals surface area contributed by atoms with Crippen molar-refractivity contribution in [3.05, 3.63) is 56.7 Å². The highest BCUT2D eigenvalue weighted by Gasteiger charge is 2.31. The Labute approximate surface area is 111 Å².